The Balaban J connectivity index is 2.90. The van der Waals surface area contributed by atoms with Crippen LogP contribution in [0, 0.1) is 5.92 Å². The molecule has 18 heavy (non-hydrogen) atoms. The SMILES string of the molecule is CC(C)CCOCCCSSCCCOCCO. The summed E-state index contributed by atoms with van der Waals surface area (Å²) >= 11 is 0. The normalized spacial score (nSPS) is 11.3. The Bertz CT molecular complexity index is 157. The third kappa shape index (κ3) is 16.6. The summed E-state index contributed by atoms with van der Waals surface area (Å²) in [4.78, 5) is 0. The van der Waals surface area contributed by atoms with E-state index in [0.29, 0.717) is 6.61 Å². The zero-order chi connectivity index (χ0) is 13.5. The van der Waals surface area contributed by atoms with Gasteiger partial charge >= 0.3 is 0 Å². The summed E-state index contributed by atoms with van der Waals surface area (Å²) in [6.07, 6.45) is 3.36. The first-order valence-electron chi connectivity index (χ1n) is 6.78. The number of rotatable bonds is 14. The molecule has 0 amide bonds. The van der Waals surface area contributed by atoms with Gasteiger partial charge in [0.1, 0.15) is 0 Å². The third-order valence-corrected chi connectivity index (χ3v) is 4.77. The van der Waals surface area contributed by atoms with Crippen LogP contribution in [0.3, 0.4) is 0 Å². The van der Waals surface area contributed by atoms with Crippen molar-refractivity contribution in [2.45, 2.75) is 33.1 Å². The van der Waals surface area contributed by atoms with Crippen LogP contribution in [0.15, 0.2) is 0 Å². The molecular weight excluding hydrogens is 268 g/mol. The molecule has 0 bridgehead atoms. The highest BCUT2D eigenvalue weighted by molar-refractivity contribution is 8.76. The van der Waals surface area contributed by atoms with Gasteiger partial charge in [0.2, 0.25) is 0 Å². The molecule has 0 fully saturated rings. The van der Waals surface area contributed by atoms with Crippen LogP contribution >= 0.6 is 21.6 Å². The molecule has 0 saturated carbocycles. The van der Waals surface area contributed by atoms with Crippen molar-refractivity contribution in [2.24, 2.45) is 5.92 Å². The van der Waals surface area contributed by atoms with Gasteiger partial charge in [-0.25, -0.2) is 0 Å². The molecule has 110 valence electrons. The van der Waals surface area contributed by atoms with E-state index in [0.717, 1.165) is 56.5 Å². The molecule has 0 aliphatic heterocycles. The quantitative estimate of drug-likeness (QED) is 0.393. The Morgan fingerprint density at radius 3 is 1.94 bits per heavy atom. The molecule has 0 aliphatic carbocycles. The first kappa shape index (κ1) is 18.6. The predicted octanol–water partition coefficient (Wildman–Crippen LogP) is 3.22. The monoisotopic (exact) mass is 296 g/mol. The van der Waals surface area contributed by atoms with Crippen LogP contribution in [0.25, 0.3) is 0 Å². The molecule has 0 saturated heterocycles. The van der Waals surface area contributed by atoms with Gasteiger partial charge in [0.05, 0.1) is 13.2 Å². The second-order valence-electron chi connectivity index (χ2n) is 4.48. The minimum absolute atomic E-state index is 0.124. The molecule has 5 heteroatoms. The smallest absolute Gasteiger partial charge is 0.0697 e. The topological polar surface area (TPSA) is 38.7 Å². The van der Waals surface area contributed by atoms with Crippen molar-refractivity contribution in [2.75, 3.05) is 44.5 Å². The van der Waals surface area contributed by atoms with E-state index in [2.05, 4.69) is 13.8 Å². The standard InChI is InChI=1S/C13H28O3S2/c1-13(2)5-9-15-7-3-11-17-18-12-4-8-16-10-6-14/h13-14H,3-12H2,1-2H3. The first-order chi connectivity index (χ1) is 8.77. The van der Waals surface area contributed by atoms with Crippen molar-refractivity contribution >= 4 is 21.6 Å². The predicted molar refractivity (Wildman–Crippen MR) is 82.3 cm³/mol. The summed E-state index contributed by atoms with van der Waals surface area (Å²) in [6, 6.07) is 0. The van der Waals surface area contributed by atoms with E-state index in [1.54, 1.807) is 0 Å². The van der Waals surface area contributed by atoms with Gasteiger partial charge in [0.15, 0.2) is 0 Å². The summed E-state index contributed by atoms with van der Waals surface area (Å²) < 4.78 is 10.7. The number of aliphatic hydroxyl groups excluding tert-OH is 1. The summed E-state index contributed by atoms with van der Waals surface area (Å²) in [5.74, 6) is 3.01. The lowest BCUT2D eigenvalue weighted by atomic mass is 10.1. The second-order valence-corrected chi connectivity index (χ2v) is 7.18. The first-order valence-corrected chi connectivity index (χ1v) is 9.27. The molecule has 0 radical (unpaired) electrons. The van der Waals surface area contributed by atoms with Crippen LogP contribution in [0.4, 0.5) is 0 Å². The van der Waals surface area contributed by atoms with E-state index >= 15 is 0 Å². The summed E-state index contributed by atoms with van der Waals surface area (Å²) in [7, 11) is 3.81. The van der Waals surface area contributed by atoms with E-state index in [9.17, 15) is 0 Å². The second kappa shape index (κ2) is 15.6. The van der Waals surface area contributed by atoms with E-state index in [4.69, 9.17) is 14.6 Å². The van der Waals surface area contributed by atoms with Gasteiger partial charge in [-0.05, 0) is 25.2 Å². The van der Waals surface area contributed by atoms with Gasteiger partial charge in [-0.15, -0.1) is 0 Å². The van der Waals surface area contributed by atoms with Gasteiger partial charge < -0.3 is 14.6 Å². The highest BCUT2D eigenvalue weighted by atomic mass is 33.1. The average Bonchev–Trinajstić information content (AvgIpc) is 2.34. The fourth-order valence-electron chi connectivity index (χ4n) is 1.15. The van der Waals surface area contributed by atoms with E-state index in [1.807, 2.05) is 21.6 Å². The van der Waals surface area contributed by atoms with Crippen molar-refractivity contribution in [1.29, 1.82) is 0 Å². The Morgan fingerprint density at radius 1 is 0.889 bits per heavy atom. The zero-order valence-corrected chi connectivity index (χ0v) is 13.4. The van der Waals surface area contributed by atoms with Crippen molar-refractivity contribution < 1.29 is 14.6 Å². The van der Waals surface area contributed by atoms with Crippen LogP contribution in [0.2, 0.25) is 0 Å². The summed E-state index contributed by atoms with van der Waals surface area (Å²) in [5, 5.41) is 8.51. The lowest BCUT2D eigenvalue weighted by Gasteiger charge is -2.06. The largest absolute Gasteiger partial charge is 0.394 e. The molecule has 0 atom stereocenters. The highest BCUT2D eigenvalue weighted by Gasteiger charge is 1.95. The molecule has 0 aliphatic rings. The van der Waals surface area contributed by atoms with Gasteiger partial charge in [0, 0.05) is 31.3 Å². The number of aliphatic hydroxyl groups is 1. The van der Waals surface area contributed by atoms with Crippen LogP contribution in [-0.4, -0.2) is 49.6 Å². The zero-order valence-electron chi connectivity index (χ0n) is 11.7. The Morgan fingerprint density at radius 2 is 1.44 bits per heavy atom. The maximum atomic E-state index is 8.51. The van der Waals surface area contributed by atoms with Gasteiger partial charge in [-0.1, -0.05) is 35.4 Å². The van der Waals surface area contributed by atoms with E-state index in [1.165, 1.54) is 0 Å². The summed E-state index contributed by atoms with van der Waals surface area (Å²) in [5.41, 5.74) is 0. The van der Waals surface area contributed by atoms with Crippen molar-refractivity contribution in [3.63, 3.8) is 0 Å². The minimum atomic E-state index is 0.124. The van der Waals surface area contributed by atoms with Crippen molar-refractivity contribution in [1.82, 2.24) is 0 Å². The summed E-state index contributed by atoms with van der Waals surface area (Å²) in [6.45, 7) is 7.58. The maximum absolute atomic E-state index is 8.51. The molecule has 0 spiro atoms. The lowest BCUT2D eigenvalue weighted by molar-refractivity contribution is 0.0933. The van der Waals surface area contributed by atoms with Gasteiger partial charge in [-0.2, -0.15) is 0 Å². The van der Waals surface area contributed by atoms with Crippen LogP contribution in [0.5, 0.6) is 0 Å². The molecule has 0 aromatic heterocycles. The van der Waals surface area contributed by atoms with Gasteiger partial charge in [-0.3, -0.25) is 0 Å². The molecule has 3 nitrogen and oxygen atoms in total. The Labute approximate surface area is 120 Å². The van der Waals surface area contributed by atoms with Crippen LogP contribution < -0.4 is 0 Å². The minimum Gasteiger partial charge on any atom is -0.394 e. The number of hydrogen-bond acceptors (Lipinski definition) is 5. The van der Waals surface area contributed by atoms with Crippen LogP contribution in [0.1, 0.15) is 33.1 Å². The lowest BCUT2D eigenvalue weighted by Crippen LogP contribution is -2.01. The van der Waals surface area contributed by atoms with Crippen LogP contribution in [-0.2, 0) is 9.47 Å². The maximum Gasteiger partial charge on any atom is 0.0697 e. The third-order valence-electron chi connectivity index (χ3n) is 2.19. The highest BCUT2D eigenvalue weighted by Crippen LogP contribution is 2.22. The molecule has 0 aromatic rings. The van der Waals surface area contributed by atoms with Crippen molar-refractivity contribution in [3.05, 3.63) is 0 Å². The number of hydrogen-bond donors (Lipinski definition) is 1. The molecule has 0 aromatic carbocycles. The molecule has 0 heterocycles. The van der Waals surface area contributed by atoms with E-state index < -0.39 is 0 Å². The fourth-order valence-corrected chi connectivity index (χ4v) is 3.27. The molecular formula is C13H28O3S2. The molecule has 0 unspecified atom stereocenters. The fraction of sp³-hybridized carbons (Fsp3) is 1.00. The Kier molecular flexibility index (Phi) is 16.1. The number of ether oxygens (including phenoxy) is 2. The Hall–Kier alpha value is 0.580. The van der Waals surface area contributed by atoms with E-state index in [-0.39, 0.29) is 6.61 Å². The average molecular weight is 296 g/mol. The molecule has 0 rings (SSSR count). The van der Waals surface area contributed by atoms with Crippen molar-refractivity contribution in [3.8, 4) is 0 Å². The molecule has 1 N–H and O–H groups in total. The van der Waals surface area contributed by atoms with Gasteiger partial charge in [0.25, 0.3) is 0 Å².